The molecular weight excluding hydrogens is 324 g/mol. The van der Waals surface area contributed by atoms with E-state index in [4.69, 9.17) is 5.11 Å². The predicted octanol–water partition coefficient (Wildman–Crippen LogP) is 1.56. The van der Waals surface area contributed by atoms with E-state index in [1.54, 1.807) is 36.4 Å². The average molecular weight is 338 g/mol. The number of anilines is 2. The number of carbonyl (C=O) groups excluding carboxylic acids is 3. The fraction of sp³-hybridized carbons (Fsp3) is 0.111. The smallest absolute Gasteiger partial charge is 0.337 e. The number of hydrogen-bond acceptors (Lipinski definition) is 4. The van der Waals surface area contributed by atoms with Gasteiger partial charge in [-0.2, -0.15) is 0 Å². The van der Waals surface area contributed by atoms with Gasteiger partial charge in [0.05, 0.1) is 17.8 Å². The highest BCUT2D eigenvalue weighted by molar-refractivity contribution is 6.30. The summed E-state index contributed by atoms with van der Waals surface area (Å²) in [6, 6.07) is 14.4. The van der Waals surface area contributed by atoms with Crippen molar-refractivity contribution in [1.82, 2.24) is 0 Å². The van der Waals surface area contributed by atoms with Gasteiger partial charge in [0.2, 0.25) is 11.8 Å². The largest absolute Gasteiger partial charge is 0.478 e. The van der Waals surface area contributed by atoms with Crippen LogP contribution < -0.4 is 10.2 Å². The van der Waals surface area contributed by atoms with Gasteiger partial charge in [0.1, 0.15) is 0 Å². The van der Waals surface area contributed by atoms with E-state index in [0.29, 0.717) is 5.69 Å². The molecule has 2 aromatic carbocycles. The minimum atomic E-state index is -1.48. The zero-order valence-corrected chi connectivity index (χ0v) is 13.0. The zero-order valence-electron chi connectivity index (χ0n) is 13.0. The van der Waals surface area contributed by atoms with Gasteiger partial charge in [-0.15, -0.1) is 0 Å². The molecule has 1 heterocycles. The van der Waals surface area contributed by atoms with Crippen LogP contribution in [0.5, 0.6) is 0 Å². The van der Waals surface area contributed by atoms with Crippen LogP contribution in [0.1, 0.15) is 10.4 Å². The summed E-state index contributed by atoms with van der Waals surface area (Å²) in [5.41, 5.74) is 0.453. The van der Waals surface area contributed by atoms with E-state index in [1.165, 1.54) is 23.1 Å². The number of ketones is 1. The number of benzene rings is 2. The first-order valence-corrected chi connectivity index (χ1v) is 7.51. The van der Waals surface area contributed by atoms with Crippen LogP contribution in [0.3, 0.4) is 0 Å². The van der Waals surface area contributed by atoms with Gasteiger partial charge < -0.3 is 15.3 Å². The van der Waals surface area contributed by atoms with E-state index >= 15 is 0 Å². The van der Waals surface area contributed by atoms with E-state index in [2.05, 4.69) is 5.32 Å². The molecule has 0 radical (unpaired) electrons. The number of carbonyl (C=O) groups is 4. The molecule has 0 spiro atoms. The molecule has 0 aromatic heterocycles. The molecule has 126 valence electrons. The molecule has 1 fully saturated rings. The van der Waals surface area contributed by atoms with E-state index in [0.717, 1.165) is 0 Å². The summed E-state index contributed by atoms with van der Waals surface area (Å²) in [5.74, 6) is -4.68. The van der Waals surface area contributed by atoms with Crippen molar-refractivity contribution in [3.8, 4) is 0 Å². The molecular formula is C18H14N2O5. The molecule has 3 rings (SSSR count). The van der Waals surface area contributed by atoms with Gasteiger partial charge in [-0.25, -0.2) is 4.79 Å². The molecule has 2 N–H and O–H groups in total. The Morgan fingerprint density at radius 1 is 1.00 bits per heavy atom. The fourth-order valence-corrected chi connectivity index (χ4v) is 2.69. The second kappa shape index (κ2) is 6.56. The SMILES string of the molecule is O=C(O)c1ccccc1NC(=O)[C@@H]1C(=O)CN(c2ccccc2)C1=O. The number of carboxylic acid groups (broad SMARTS) is 1. The number of carboxylic acids is 1. The summed E-state index contributed by atoms with van der Waals surface area (Å²) in [6.45, 7) is -0.193. The van der Waals surface area contributed by atoms with Crippen LogP contribution in [0.15, 0.2) is 54.6 Å². The maximum absolute atomic E-state index is 12.5. The lowest BCUT2D eigenvalue weighted by Crippen LogP contribution is -2.34. The highest BCUT2D eigenvalue weighted by Gasteiger charge is 2.44. The van der Waals surface area contributed by atoms with Crippen molar-refractivity contribution in [2.75, 3.05) is 16.8 Å². The number of nitrogens with zero attached hydrogens (tertiary/aromatic N) is 1. The normalized spacial score (nSPS) is 16.8. The van der Waals surface area contributed by atoms with Gasteiger partial charge >= 0.3 is 5.97 Å². The predicted molar refractivity (Wildman–Crippen MR) is 89.3 cm³/mol. The molecule has 0 saturated carbocycles. The second-order valence-corrected chi connectivity index (χ2v) is 5.50. The molecule has 7 nitrogen and oxygen atoms in total. The summed E-state index contributed by atoms with van der Waals surface area (Å²) in [6.07, 6.45) is 0. The first-order valence-electron chi connectivity index (χ1n) is 7.51. The molecule has 0 unspecified atom stereocenters. The number of para-hydroxylation sites is 2. The molecule has 1 aliphatic rings. The van der Waals surface area contributed by atoms with E-state index in [1.807, 2.05) is 0 Å². The Bertz CT molecular complexity index is 863. The number of aromatic carboxylic acids is 1. The summed E-state index contributed by atoms with van der Waals surface area (Å²) in [5, 5.41) is 11.5. The van der Waals surface area contributed by atoms with Crippen LogP contribution in [0, 0.1) is 5.92 Å². The van der Waals surface area contributed by atoms with Gasteiger partial charge in [0.15, 0.2) is 11.7 Å². The Balaban J connectivity index is 1.82. The number of hydrogen-bond donors (Lipinski definition) is 2. The van der Waals surface area contributed by atoms with Crippen molar-refractivity contribution in [3.63, 3.8) is 0 Å². The lowest BCUT2D eigenvalue weighted by Gasteiger charge is -2.15. The van der Waals surface area contributed by atoms with Gasteiger partial charge in [0, 0.05) is 5.69 Å². The topological polar surface area (TPSA) is 104 Å². The van der Waals surface area contributed by atoms with Crippen molar-refractivity contribution >= 4 is 34.9 Å². The first kappa shape index (κ1) is 16.4. The monoisotopic (exact) mass is 338 g/mol. The summed E-state index contributed by atoms with van der Waals surface area (Å²) >= 11 is 0. The maximum Gasteiger partial charge on any atom is 0.337 e. The number of nitrogens with one attached hydrogen (secondary N) is 1. The highest BCUT2D eigenvalue weighted by Crippen LogP contribution is 2.24. The standard InChI is InChI=1S/C18H14N2O5/c21-14-10-20(11-6-2-1-3-7-11)17(23)15(14)16(22)19-13-9-5-4-8-12(13)18(24)25/h1-9,15H,10H2,(H,19,22)(H,24,25)/t15-/m0/s1. The highest BCUT2D eigenvalue weighted by atomic mass is 16.4. The van der Waals surface area contributed by atoms with E-state index in [9.17, 15) is 19.2 Å². The van der Waals surface area contributed by atoms with Crippen molar-refractivity contribution in [1.29, 1.82) is 0 Å². The third-order valence-electron chi connectivity index (χ3n) is 3.89. The molecule has 2 aromatic rings. The van der Waals surface area contributed by atoms with E-state index in [-0.39, 0.29) is 17.8 Å². The molecule has 2 amide bonds. The van der Waals surface area contributed by atoms with Crippen LogP contribution >= 0.6 is 0 Å². The van der Waals surface area contributed by atoms with Crippen LogP contribution in [0.2, 0.25) is 0 Å². The van der Waals surface area contributed by atoms with Crippen molar-refractivity contribution < 1.29 is 24.3 Å². The van der Waals surface area contributed by atoms with Gasteiger partial charge in [-0.05, 0) is 24.3 Å². The van der Waals surface area contributed by atoms with Crippen molar-refractivity contribution in [2.24, 2.45) is 5.92 Å². The summed E-state index contributed by atoms with van der Waals surface area (Å²) < 4.78 is 0. The van der Waals surface area contributed by atoms with E-state index < -0.39 is 29.5 Å². The lowest BCUT2D eigenvalue weighted by atomic mass is 10.1. The molecule has 0 bridgehead atoms. The first-order chi connectivity index (χ1) is 12.0. The molecule has 7 heteroatoms. The van der Waals surface area contributed by atoms with Crippen LogP contribution in [0.4, 0.5) is 11.4 Å². The van der Waals surface area contributed by atoms with Crippen LogP contribution in [-0.2, 0) is 14.4 Å². The summed E-state index contributed by atoms with van der Waals surface area (Å²) in [4.78, 5) is 49.5. The number of Topliss-reactive ketones (excluding diaryl/α,β-unsaturated/α-hetero) is 1. The second-order valence-electron chi connectivity index (χ2n) is 5.50. The number of rotatable bonds is 4. The Hall–Kier alpha value is -3.48. The molecule has 25 heavy (non-hydrogen) atoms. The molecule has 1 atom stereocenters. The molecule has 1 aliphatic heterocycles. The summed E-state index contributed by atoms with van der Waals surface area (Å²) in [7, 11) is 0. The molecule has 0 aliphatic carbocycles. The Morgan fingerprint density at radius 2 is 1.64 bits per heavy atom. The average Bonchev–Trinajstić information content (AvgIpc) is 2.90. The third-order valence-corrected chi connectivity index (χ3v) is 3.89. The Kier molecular flexibility index (Phi) is 4.30. The Morgan fingerprint density at radius 3 is 2.32 bits per heavy atom. The quantitative estimate of drug-likeness (QED) is 0.823. The minimum Gasteiger partial charge on any atom is -0.478 e. The van der Waals surface area contributed by atoms with Gasteiger partial charge in [-0.3, -0.25) is 14.4 Å². The molecule has 1 saturated heterocycles. The van der Waals surface area contributed by atoms with Gasteiger partial charge in [-0.1, -0.05) is 30.3 Å². The Labute approximate surface area is 142 Å². The fourth-order valence-electron chi connectivity index (χ4n) is 2.69. The zero-order chi connectivity index (χ0) is 18.0. The minimum absolute atomic E-state index is 0.0405. The van der Waals surface area contributed by atoms with Gasteiger partial charge in [0.25, 0.3) is 0 Å². The van der Waals surface area contributed by atoms with Crippen LogP contribution in [0.25, 0.3) is 0 Å². The lowest BCUT2D eigenvalue weighted by molar-refractivity contribution is -0.134. The third kappa shape index (κ3) is 3.12. The van der Waals surface area contributed by atoms with Crippen LogP contribution in [-0.4, -0.2) is 35.2 Å². The van der Waals surface area contributed by atoms with Crippen molar-refractivity contribution in [2.45, 2.75) is 0 Å². The number of amides is 2. The maximum atomic E-state index is 12.5. The van der Waals surface area contributed by atoms with Crippen molar-refractivity contribution in [3.05, 3.63) is 60.2 Å².